The van der Waals surface area contributed by atoms with Gasteiger partial charge in [0, 0.05) is 42.6 Å². The number of anilines is 4. The molecule has 4 aromatic rings. The second-order valence-corrected chi connectivity index (χ2v) is 7.76. The lowest BCUT2D eigenvalue weighted by Crippen LogP contribution is -2.22. The lowest BCUT2D eigenvalue weighted by molar-refractivity contribution is 0.403. The van der Waals surface area contributed by atoms with E-state index in [0.717, 1.165) is 23.7 Å². The molecule has 0 saturated carbocycles. The first-order chi connectivity index (χ1) is 16.2. The Morgan fingerprint density at radius 1 is 0.818 bits per heavy atom. The van der Waals surface area contributed by atoms with Gasteiger partial charge in [-0.2, -0.15) is 4.98 Å². The van der Waals surface area contributed by atoms with Gasteiger partial charge in [0.2, 0.25) is 5.88 Å². The number of aromatic hydroxyl groups is 1. The lowest BCUT2D eigenvalue weighted by Gasteiger charge is -2.26. The van der Waals surface area contributed by atoms with E-state index in [2.05, 4.69) is 70.5 Å². The molecule has 0 saturated heterocycles. The third-order valence-corrected chi connectivity index (χ3v) is 5.33. The number of benzene rings is 3. The van der Waals surface area contributed by atoms with Crippen LogP contribution in [0.4, 0.5) is 22.9 Å². The van der Waals surface area contributed by atoms with Gasteiger partial charge >= 0.3 is 0 Å². The molecule has 0 bridgehead atoms. The van der Waals surface area contributed by atoms with E-state index in [1.165, 1.54) is 0 Å². The van der Waals surface area contributed by atoms with Crippen molar-refractivity contribution in [3.63, 3.8) is 0 Å². The summed E-state index contributed by atoms with van der Waals surface area (Å²) >= 11 is 0. The first-order valence-electron chi connectivity index (χ1n) is 10.7. The van der Waals surface area contributed by atoms with E-state index in [1.807, 2.05) is 36.4 Å². The topological polar surface area (TPSA) is 52.1 Å². The van der Waals surface area contributed by atoms with Crippen LogP contribution in [0.15, 0.2) is 109 Å². The number of pyridine rings is 1. The summed E-state index contributed by atoms with van der Waals surface area (Å²) in [5.74, 6) is 1.54. The molecular formula is C27H24N4O2. The monoisotopic (exact) mass is 436 g/mol. The van der Waals surface area contributed by atoms with Crippen molar-refractivity contribution >= 4 is 22.9 Å². The summed E-state index contributed by atoms with van der Waals surface area (Å²) in [6.45, 7) is 0.803. The molecule has 1 aromatic heterocycles. The maximum Gasteiger partial charge on any atom is 0.221 e. The zero-order chi connectivity index (χ0) is 22.6. The molecule has 2 heterocycles. The number of hydrogen-bond acceptors (Lipinski definition) is 6. The number of phenols is 1. The molecule has 6 heteroatoms. The Morgan fingerprint density at radius 2 is 1.58 bits per heavy atom. The molecule has 164 valence electrons. The molecule has 0 fully saturated rings. The van der Waals surface area contributed by atoms with Crippen LogP contribution in [0.5, 0.6) is 17.4 Å². The Hall–Kier alpha value is -4.45. The summed E-state index contributed by atoms with van der Waals surface area (Å²) in [6.07, 6.45) is 4.13. The van der Waals surface area contributed by atoms with Crippen molar-refractivity contribution in [1.29, 1.82) is 0 Å². The van der Waals surface area contributed by atoms with Crippen LogP contribution >= 0.6 is 0 Å². The molecule has 33 heavy (non-hydrogen) atoms. The van der Waals surface area contributed by atoms with Crippen molar-refractivity contribution in [3.8, 4) is 17.4 Å². The van der Waals surface area contributed by atoms with Gasteiger partial charge in [0.05, 0.1) is 6.67 Å². The predicted molar refractivity (Wildman–Crippen MR) is 131 cm³/mol. The molecule has 1 aliphatic rings. The standard InChI is InChI=1S/C27H24N4O2/c1-29-17-18-30(20-29)22-11-7-12-23(19-22)31(21-9-3-2-4-10-21)26-15-8-16-27(28-26)33-25-14-6-5-13-24(25)32/h2-19,32H,20H2,1H3. The van der Waals surface area contributed by atoms with Gasteiger partial charge in [0.15, 0.2) is 11.5 Å². The Kier molecular flexibility index (Phi) is 5.55. The van der Waals surface area contributed by atoms with Crippen molar-refractivity contribution in [1.82, 2.24) is 9.88 Å². The number of ether oxygens (including phenoxy) is 1. The fraction of sp³-hybridized carbons (Fsp3) is 0.0741. The number of para-hydroxylation sites is 3. The highest BCUT2D eigenvalue weighted by molar-refractivity contribution is 5.77. The van der Waals surface area contributed by atoms with Crippen molar-refractivity contribution < 1.29 is 9.84 Å². The van der Waals surface area contributed by atoms with Crippen molar-refractivity contribution in [2.45, 2.75) is 0 Å². The molecule has 6 nitrogen and oxygen atoms in total. The molecule has 0 radical (unpaired) electrons. The van der Waals surface area contributed by atoms with Crippen LogP contribution in [0.2, 0.25) is 0 Å². The molecule has 0 amide bonds. The van der Waals surface area contributed by atoms with E-state index in [4.69, 9.17) is 9.72 Å². The van der Waals surface area contributed by atoms with Crippen LogP contribution in [-0.2, 0) is 0 Å². The molecular weight excluding hydrogens is 412 g/mol. The van der Waals surface area contributed by atoms with Crippen LogP contribution < -0.4 is 14.5 Å². The SMILES string of the molecule is CN1C=CN(c2cccc(N(c3ccccc3)c3cccc(Oc4ccccc4O)n3)c2)C1. The number of nitrogens with zero attached hydrogens (tertiary/aromatic N) is 4. The fourth-order valence-electron chi connectivity index (χ4n) is 3.74. The number of hydrogen-bond donors (Lipinski definition) is 1. The minimum atomic E-state index is 0.0703. The summed E-state index contributed by atoms with van der Waals surface area (Å²) < 4.78 is 5.88. The average molecular weight is 437 g/mol. The number of phenolic OH excluding ortho intramolecular Hbond substituents is 1. The van der Waals surface area contributed by atoms with Crippen LogP contribution in [0.1, 0.15) is 0 Å². The lowest BCUT2D eigenvalue weighted by atomic mass is 10.2. The Bertz CT molecular complexity index is 1280. The highest BCUT2D eigenvalue weighted by atomic mass is 16.5. The van der Waals surface area contributed by atoms with Gasteiger partial charge in [-0.05, 0) is 48.5 Å². The van der Waals surface area contributed by atoms with Gasteiger partial charge in [-0.1, -0.05) is 42.5 Å². The van der Waals surface area contributed by atoms with Crippen LogP contribution in [0.3, 0.4) is 0 Å². The highest BCUT2D eigenvalue weighted by Gasteiger charge is 2.17. The third-order valence-electron chi connectivity index (χ3n) is 5.33. The molecule has 1 aliphatic heterocycles. The number of aromatic nitrogens is 1. The van der Waals surface area contributed by atoms with Crippen molar-refractivity contribution in [3.05, 3.63) is 109 Å². The van der Waals surface area contributed by atoms with Gasteiger partial charge in [0.25, 0.3) is 0 Å². The van der Waals surface area contributed by atoms with E-state index < -0.39 is 0 Å². The summed E-state index contributed by atoms with van der Waals surface area (Å²) in [6, 6.07) is 31.0. The van der Waals surface area contributed by atoms with Crippen molar-refractivity contribution in [2.24, 2.45) is 0 Å². The Labute approximate surface area is 193 Å². The first kappa shape index (κ1) is 20.5. The fourth-order valence-corrected chi connectivity index (χ4v) is 3.74. The maximum atomic E-state index is 10.1. The van der Waals surface area contributed by atoms with Gasteiger partial charge in [-0.25, -0.2) is 0 Å². The zero-order valence-electron chi connectivity index (χ0n) is 18.2. The average Bonchev–Trinajstić information content (AvgIpc) is 3.28. The minimum Gasteiger partial charge on any atom is -0.504 e. The first-order valence-corrected chi connectivity index (χ1v) is 10.7. The van der Waals surface area contributed by atoms with Gasteiger partial charge in [0.1, 0.15) is 5.82 Å². The van der Waals surface area contributed by atoms with Gasteiger partial charge in [-0.3, -0.25) is 4.90 Å². The molecule has 0 atom stereocenters. The molecule has 5 rings (SSSR count). The third kappa shape index (κ3) is 4.45. The summed E-state index contributed by atoms with van der Waals surface area (Å²) in [5.41, 5.74) is 3.06. The summed E-state index contributed by atoms with van der Waals surface area (Å²) in [7, 11) is 2.05. The van der Waals surface area contributed by atoms with Crippen LogP contribution in [0, 0.1) is 0 Å². The van der Waals surface area contributed by atoms with E-state index in [0.29, 0.717) is 17.4 Å². The van der Waals surface area contributed by atoms with Crippen LogP contribution in [0.25, 0.3) is 0 Å². The second-order valence-electron chi connectivity index (χ2n) is 7.76. The van der Waals surface area contributed by atoms with Crippen molar-refractivity contribution in [2.75, 3.05) is 23.5 Å². The Balaban J connectivity index is 1.54. The zero-order valence-corrected chi connectivity index (χ0v) is 18.2. The van der Waals surface area contributed by atoms with Gasteiger partial charge in [-0.15, -0.1) is 0 Å². The van der Waals surface area contributed by atoms with E-state index in [9.17, 15) is 5.11 Å². The Morgan fingerprint density at radius 3 is 2.36 bits per heavy atom. The summed E-state index contributed by atoms with van der Waals surface area (Å²) in [5, 5.41) is 10.1. The normalized spacial score (nSPS) is 12.8. The predicted octanol–water partition coefficient (Wildman–Crippen LogP) is 6.23. The molecule has 0 unspecified atom stereocenters. The molecule has 0 aliphatic carbocycles. The van der Waals surface area contributed by atoms with Gasteiger partial charge < -0.3 is 19.6 Å². The smallest absolute Gasteiger partial charge is 0.221 e. The van der Waals surface area contributed by atoms with E-state index >= 15 is 0 Å². The highest BCUT2D eigenvalue weighted by Crippen LogP contribution is 2.37. The maximum absolute atomic E-state index is 10.1. The number of rotatable bonds is 6. The van der Waals surface area contributed by atoms with E-state index in [1.54, 1.807) is 24.3 Å². The quantitative estimate of drug-likeness (QED) is 0.387. The summed E-state index contributed by atoms with van der Waals surface area (Å²) in [4.78, 5) is 11.2. The molecule has 0 spiro atoms. The largest absolute Gasteiger partial charge is 0.504 e. The molecule has 1 N–H and O–H groups in total. The minimum absolute atomic E-state index is 0.0703. The molecule has 3 aromatic carbocycles. The van der Waals surface area contributed by atoms with E-state index in [-0.39, 0.29) is 5.75 Å². The second kappa shape index (κ2) is 8.96. The van der Waals surface area contributed by atoms with Crippen LogP contribution in [-0.4, -0.2) is 28.7 Å².